The van der Waals surface area contributed by atoms with Crippen LogP contribution in [0.3, 0.4) is 0 Å². The highest BCUT2D eigenvalue weighted by molar-refractivity contribution is 6.24. The molecule has 0 bridgehead atoms. The molecule has 0 spiro atoms. The predicted octanol–water partition coefficient (Wildman–Crippen LogP) is 19.3. The molecule has 0 aliphatic carbocycles. The maximum absolute atomic E-state index is 2.47. The minimum absolute atomic E-state index is 0.0305. The Morgan fingerprint density at radius 2 is 0.529 bits per heavy atom. The Hall–Kier alpha value is -7.42. The first-order valence-electron chi connectivity index (χ1n) is 24.2. The van der Waals surface area contributed by atoms with Crippen molar-refractivity contribution in [2.75, 3.05) is 9.80 Å². The quantitative estimate of drug-likeness (QED) is 0.140. The van der Waals surface area contributed by atoms with Gasteiger partial charge in [0, 0.05) is 33.5 Å². The molecule has 2 nitrogen and oxygen atoms in total. The van der Waals surface area contributed by atoms with Crippen LogP contribution in [-0.2, 0) is 16.2 Å². The summed E-state index contributed by atoms with van der Waals surface area (Å²) >= 11 is 0. The Bertz CT molecular complexity index is 3380. The van der Waals surface area contributed by atoms with Crippen molar-refractivity contribution in [2.45, 2.75) is 78.6 Å². The molecule has 336 valence electrons. The van der Waals surface area contributed by atoms with E-state index in [1.165, 1.54) is 71.3 Å². The summed E-state index contributed by atoms with van der Waals surface area (Å²) in [5.41, 5.74) is 15.5. The first kappa shape index (κ1) is 44.4. The summed E-state index contributed by atoms with van der Waals surface area (Å²) in [6.07, 6.45) is 0. The van der Waals surface area contributed by atoms with Crippen LogP contribution < -0.4 is 9.80 Å². The van der Waals surface area contributed by atoms with Crippen molar-refractivity contribution in [3.63, 3.8) is 0 Å². The van der Waals surface area contributed by atoms with Crippen molar-refractivity contribution in [1.82, 2.24) is 0 Å². The van der Waals surface area contributed by atoms with Crippen LogP contribution in [0.1, 0.15) is 79.0 Å². The number of nitrogens with zero attached hydrogens (tertiary/aromatic N) is 2. The fourth-order valence-corrected chi connectivity index (χ4v) is 9.74. The molecule has 0 unspecified atom stereocenters. The third-order valence-electron chi connectivity index (χ3n) is 13.7. The van der Waals surface area contributed by atoms with E-state index in [0.29, 0.717) is 0 Å². The van der Waals surface area contributed by atoms with Gasteiger partial charge in [0.2, 0.25) is 0 Å². The van der Waals surface area contributed by atoms with Crippen LogP contribution in [0.4, 0.5) is 34.1 Å². The van der Waals surface area contributed by atoms with Gasteiger partial charge < -0.3 is 9.80 Å². The van der Waals surface area contributed by atoms with Crippen molar-refractivity contribution in [2.24, 2.45) is 0 Å². The fraction of sp³-hybridized carbons (Fsp3) is 0.182. The molecule has 10 aromatic carbocycles. The van der Waals surface area contributed by atoms with Crippen LogP contribution in [0.15, 0.2) is 212 Å². The summed E-state index contributed by atoms with van der Waals surface area (Å²) in [7, 11) is 0. The molecule has 0 fully saturated rings. The number of anilines is 6. The number of fused-ring (bicyclic) bond motifs is 5. The summed E-state index contributed by atoms with van der Waals surface area (Å²) in [6, 6.07) is 79.0. The van der Waals surface area contributed by atoms with E-state index in [0.717, 1.165) is 34.1 Å². The molecule has 0 atom stereocenters. The topological polar surface area (TPSA) is 6.48 Å². The van der Waals surface area contributed by atoms with Gasteiger partial charge in [-0.1, -0.05) is 208 Å². The lowest BCUT2D eigenvalue weighted by Crippen LogP contribution is -2.14. The van der Waals surface area contributed by atoms with E-state index < -0.39 is 0 Å². The minimum atomic E-state index is -0.0622. The van der Waals surface area contributed by atoms with Gasteiger partial charge >= 0.3 is 0 Å². The summed E-state index contributed by atoms with van der Waals surface area (Å²) in [5, 5.41) is 7.28. The number of rotatable bonds is 8. The first-order chi connectivity index (χ1) is 32.6. The van der Waals surface area contributed by atoms with E-state index >= 15 is 0 Å². The molecule has 0 heterocycles. The molecule has 2 heteroatoms. The summed E-state index contributed by atoms with van der Waals surface area (Å²) < 4.78 is 0. The minimum Gasteiger partial charge on any atom is -0.310 e. The van der Waals surface area contributed by atoms with Crippen LogP contribution in [-0.4, -0.2) is 0 Å². The zero-order valence-electron chi connectivity index (χ0n) is 41.1. The summed E-state index contributed by atoms with van der Waals surface area (Å²) in [4.78, 5) is 4.94. The summed E-state index contributed by atoms with van der Waals surface area (Å²) in [5.74, 6) is 0. The highest BCUT2D eigenvalue weighted by Crippen LogP contribution is 2.49. The molecular formula is C66H62N2. The van der Waals surface area contributed by atoms with Crippen molar-refractivity contribution in [3.8, 4) is 22.3 Å². The zero-order chi connectivity index (χ0) is 47.4. The molecule has 0 aliphatic heterocycles. The van der Waals surface area contributed by atoms with Crippen molar-refractivity contribution in [1.29, 1.82) is 0 Å². The monoisotopic (exact) mass is 882 g/mol. The molecule has 10 aromatic rings. The van der Waals surface area contributed by atoms with Crippen molar-refractivity contribution >= 4 is 66.4 Å². The maximum atomic E-state index is 2.47. The lowest BCUT2D eigenvalue weighted by molar-refractivity contribution is 0.590. The largest absolute Gasteiger partial charge is 0.310 e. The van der Waals surface area contributed by atoms with Gasteiger partial charge in [-0.3, -0.25) is 0 Å². The maximum Gasteiger partial charge on any atom is 0.0546 e. The second-order valence-electron chi connectivity index (χ2n) is 21.5. The Morgan fingerprint density at radius 1 is 0.235 bits per heavy atom. The smallest absolute Gasteiger partial charge is 0.0546 e. The lowest BCUT2D eigenvalue weighted by atomic mass is 9.84. The van der Waals surface area contributed by atoms with Gasteiger partial charge in [0.05, 0.1) is 11.4 Å². The lowest BCUT2D eigenvalue weighted by Gasteiger charge is -2.31. The van der Waals surface area contributed by atoms with Gasteiger partial charge in [-0.15, -0.1) is 0 Å². The molecule has 0 radical (unpaired) electrons. The Balaban J connectivity index is 1.25. The van der Waals surface area contributed by atoms with Gasteiger partial charge in [0.1, 0.15) is 0 Å². The SMILES string of the molecule is CC(C)(C)c1ccc(N(c2ccc(-c3ccccc3)cc2)c2cc3c4cc(C(C)(C)C)ccc4c(N(c4ccc(-c5ccccc5)cc4)c4ccc(C(C)(C)C)cc4)cc3c3ccccc23)cc1. The molecule has 0 aliphatic rings. The second kappa shape index (κ2) is 17.3. The standard InChI is InChI=1S/C66H62N2/c1-64(2,3)49-28-37-54(38-29-49)67(52-33-24-47(25-34-52)45-18-12-10-13-19-45)62-44-61-59-42-51(66(7,8)9)32-41-58(59)63(43-60(61)56-22-16-17-23-57(56)62)68(55-39-30-50(31-40-55)65(4,5)6)53-35-26-48(27-36-53)46-20-14-11-15-21-46/h10-44H,1-9H3. The molecule has 0 N–H and O–H groups in total. The van der Waals surface area contributed by atoms with E-state index in [2.05, 4.69) is 284 Å². The highest BCUT2D eigenvalue weighted by atomic mass is 15.2. The van der Waals surface area contributed by atoms with E-state index in [-0.39, 0.29) is 16.2 Å². The Labute approximate surface area is 404 Å². The third kappa shape index (κ3) is 8.57. The van der Waals surface area contributed by atoms with E-state index in [9.17, 15) is 0 Å². The molecule has 0 aromatic heterocycles. The zero-order valence-corrected chi connectivity index (χ0v) is 41.1. The molecule has 68 heavy (non-hydrogen) atoms. The van der Waals surface area contributed by atoms with Gasteiger partial charge in [0.25, 0.3) is 0 Å². The molecular weight excluding hydrogens is 821 g/mol. The molecule has 0 saturated heterocycles. The van der Waals surface area contributed by atoms with Gasteiger partial charge in [0.15, 0.2) is 0 Å². The number of benzene rings is 10. The molecule has 0 amide bonds. The first-order valence-corrected chi connectivity index (χ1v) is 24.2. The third-order valence-corrected chi connectivity index (χ3v) is 13.7. The van der Waals surface area contributed by atoms with Crippen molar-refractivity contribution < 1.29 is 0 Å². The molecule has 0 saturated carbocycles. The summed E-state index contributed by atoms with van der Waals surface area (Å²) in [6.45, 7) is 20.7. The van der Waals surface area contributed by atoms with Crippen molar-refractivity contribution in [3.05, 3.63) is 229 Å². The van der Waals surface area contributed by atoms with Gasteiger partial charge in [-0.05, 0) is 143 Å². The van der Waals surface area contributed by atoms with Crippen LogP contribution in [0.2, 0.25) is 0 Å². The second-order valence-corrected chi connectivity index (χ2v) is 21.5. The van der Waals surface area contributed by atoms with E-state index in [4.69, 9.17) is 0 Å². The number of hydrogen-bond donors (Lipinski definition) is 0. The molecule has 10 rings (SSSR count). The highest BCUT2D eigenvalue weighted by Gasteiger charge is 2.25. The Morgan fingerprint density at radius 3 is 0.926 bits per heavy atom. The predicted molar refractivity (Wildman–Crippen MR) is 295 cm³/mol. The van der Waals surface area contributed by atoms with Crippen LogP contribution >= 0.6 is 0 Å². The number of hydrogen-bond acceptors (Lipinski definition) is 2. The average molecular weight is 883 g/mol. The fourth-order valence-electron chi connectivity index (χ4n) is 9.74. The van der Waals surface area contributed by atoms with Gasteiger partial charge in [-0.2, -0.15) is 0 Å². The van der Waals surface area contributed by atoms with E-state index in [1.54, 1.807) is 0 Å². The average Bonchev–Trinajstić information content (AvgIpc) is 3.34. The van der Waals surface area contributed by atoms with Gasteiger partial charge in [-0.25, -0.2) is 0 Å². The van der Waals surface area contributed by atoms with E-state index in [1.807, 2.05) is 0 Å². The van der Waals surface area contributed by atoms with Crippen LogP contribution in [0.5, 0.6) is 0 Å². The Kier molecular flexibility index (Phi) is 11.3. The van der Waals surface area contributed by atoms with Crippen LogP contribution in [0, 0.1) is 0 Å². The van der Waals surface area contributed by atoms with Crippen LogP contribution in [0.25, 0.3) is 54.6 Å². The normalized spacial score (nSPS) is 12.2.